The number of methoxy groups -OCH3 is 2. The Morgan fingerprint density at radius 3 is 2.54 bits per heavy atom. The van der Waals surface area contributed by atoms with Crippen molar-refractivity contribution in [2.45, 2.75) is 0 Å². The van der Waals surface area contributed by atoms with Crippen LogP contribution < -0.4 is 15.4 Å². The van der Waals surface area contributed by atoms with E-state index in [2.05, 4.69) is 15.6 Å². The lowest BCUT2D eigenvalue weighted by molar-refractivity contribution is 0.0601. The van der Waals surface area contributed by atoms with Gasteiger partial charge in [-0.15, -0.1) is 0 Å². The number of benzene rings is 2. The predicted octanol–water partition coefficient (Wildman–Crippen LogP) is 3.87. The molecule has 1 aromatic heterocycles. The summed E-state index contributed by atoms with van der Waals surface area (Å²) < 4.78 is 9.95. The number of carbonyl (C=O) groups excluding carboxylic acids is 2. The van der Waals surface area contributed by atoms with Crippen molar-refractivity contribution in [3.8, 4) is 5.75 Å². The van der Waals surface area contributed by atoms with Gasteiger partial charge in [0, 0.05) is 18.0 Å². The van der Waals surface area contributed by atoms with Crippen LogP contribution in [-0.4, -0.2) is 31.1 Å². The quantitative estimate of drug-likeness (QED) is 0.634. The Morgan fingerprint density at radius 2 is 1.75 bits per heavy atom. The molecule has 0 fully saturated rings. The van der Waals surface area contributed by atoms with Crippen LogP contribution in [0, 0.1) is 0 Å². The van der Waals surface area contributed by atoms with Crippen molar-refractivity contribution < 1.29 is 19.1 Å². The molecule has 0 radical (unpaired) electrons. The van der Waals surface area contributed by atoms with E-state index in [0.717, 1.165) is 0 Å². The Labute approximate surface area is 162 Å². The summed E-state index contributed by atoms with van der Waals surface area (Å²) in [4.78, 5) is 28.6. The van der Waals surface area contributed by atoms with Crippen LogP contribution in [0.15, 0.2) is 67.0 Å². The third-order valence-corrected chi connectivity index (χ3v) is 3.94. The van der Waals surface area contributed by atoms with E-state index in [4.69, 9.17) is 9.47 Å². The maximum absolute atomic E-state index is 12.5. The second-order valence-corrected chi connectivity index (χ2v) is 5.81. The highest BCUT2D eigenvalue weighted by molar-refractivity contribution is 6.05. The number of anilines is 3. The maximum Gasteiger partial charge on any atom is 0.339 e. The average Bonchev–Trinajstić information content (AvgIpc) is 2.74. The number of ether oxygens (including phenoxy) is 2. The minimum Gasteiger partial charge on any atom is -0.497 e. The number of nitrogens with zero attached hydrogens (tertiary/aromatic N) is 1. The van der Waals surface area contributed by atoms with E-state index in [1.54, 1.807) is 67.9 Å². The smallest absolute Gasteiger partial charge is 0.339 e. The molecular weight excluding hydrogens is 358 g/mol. The topological polar surface area (TPSA) is 89.5 Å². The number of hydrogen-bond donors (Lipinski definition) is 2. The number of carbonyl (C=O) groups is 2. The number of para-hydroxylation sites is 1. The number of esters is 1. The first-order valence-electron chi connectivity index (χ1n) is 8.45. The zero-order chi connectivity index (χ0) is 19.9. The van der Waals surface area contributed by atoms with Crippen molar-refractivity contribution in [3.05, 3.63) is 78.1 Å². The van der Waals surface area contributed by atoms with Gasteiger partial charge in [-0.3, -0.25) is 9.78 Å². The lowest BCUT2D eigenvalue weighted by atomic mass is 10.1. The van der Waals surface area contributed by atoms with Gasteiger partial charge >= 0.3 is 5.97 Å². The summed E-state index contributed by atoms with van der Waals surface area (Å²) >= 11 is 0. The van der Waals surface area contributed by atoms with Gasteiger partial charge in [0.2, 0.25) is 0 Å². The van der Waals surface area contributed by atoms with Crippen molar-refractivity contribution in [1.29, 1.82) is 0 Å². The molecule has 28 heavy (non-hydrogen) atoms. The molecule has 1 heterocycles. The van der Waals surface area contributed by atoms with Crippen LogP contribution in [-0.2, 0) is 4.74 Å². The summed E-state index contributed by atoms with van der Waals surface area (Å²) in [6, 6.07) is 15.7. The third-order valence-electron chi connectivity index (χ3n) is 3.94. The number of aromatic nitrogens is 1. The molecule has 3 aromatic rings. The molecule has 0 spiro atoms. The Balaban J connectivity index is 1.79. The Kier molecular flexibility index (Phi) is 5.86. The molecule has 2 aromatic carbocycles. The molecule has 0 aliphatic heterocycles. The summed E-state index contributed by atoms with van der Waals surface area (Å²) in [6.45, 7) is 0. The fourth-order valence-electron chi connectivity index (χ4n) is 2.57. The first kappa shape index (κ1) is 18.9. The average molecular weight is 377 g/mol. The highest BCUT2D eigenvalue weighted by Gasteiger charge is 2.13. The molecule has 0 aliphatic carbocycles. The summed E-state index contributed by atoms with van der Waals surface area (Å²) in [5.74, 6) is -0.126. The maximum atomic E-state index is 12.5. The van der Waals surface area contributed by atoms with E-state index >= 15 is 0 Å². The van der Waals surface area contributed by atoms with Crippen LogP contribution in [0.1, 0.15) is 20.7 Å². The number of nitrogens with one attached hydrogen (secondary N) is 2. The van der Waals surface area contributed by atoms with Crippen LogP contribution in [0.5, 0.6) is 5.75 Å². The summed E-state index contributed by atoms with van der Waals surface area (Å²) in [5, 5.41) is 5.90. The minimum atomic E-state index is -0.456. The van der Waals surface area contributed by atoms with Gasteiger partial charge < -0.3 is 20.1 Å². The van der Waals surface area contributed by atoms with Gasteiger partial charge in [0.25, 0.3) is 5.91 Å². The minimum absolute atomic E-state index is 0.314. The normalized spacial score (nSPS) is 10.1. The van der Waals surface area contributed by atoms with E-state index in [9.17, 15) is 9.59 Å². The summed E-state index contributed by atoms with van der Waals surface area (Å²) in [5.41, 5.74) is 2.48. The van der Waals surface area contributed by atoms with Crippen molar-refractivity contribution in [2.75, 3.05) is 24.9 Å². The van der Waals surface area contributed by atoms with Crippen molar-refractivity contribution >= 4 is 28.9 Å². The fraction of sp³-hybridized carbons (Fsp3) is 0.0952. The second-order valence-electron chi connectivity index (χ2n) is 5.81. The van der Waals surface area contributed by atoms with Crippen molar-refractivity contribution in [1.82, 2.24) is 4.98 Å². The van der Waals surface area contributed by atoms with Gasteiger partial charge in [-0.2, -0.15) is 0 Å². The number of rotatable bonds is 6. The van der Waals surface area contributed by atoms with E-state index in [0.29, 0.717) is 33.9 Å². The van der Waals surface area contributed by atoms with Crippen LogP contribution >= 0.6 is 0 Å². The molecule has 0 aliphatic rings. The Morgan fingerprint density at radius 1 is 0.929 bits per heavy atom. The van der Waals surface area contributed by atoms with Gasteiger partial charge in [-0.25, -0.2) is 4.79 Å². The molecule has 2 N–H and O–H groups in total. The lowest BCUT2D eigenvalue weighted by Crippen LogP contribution is -2.12. The molecule has 142 valence electrons. The van der Waals surface area contributed by atoms with Gasteiger partial charge in [0.05, 0.1) is 42.9 Å². The molecule has 0 atom stereocenters. The van der Waals surface area contributed by atoms with Gasteiger partial charge in [-0.05, 0) is 30.3 Å². The lowest BCUT2D eigenvalue weighted by Gasteiger charge is -2.11. The number of pyridine rings is 1. The Hall–Kier alpha value is -3.87. The Bertz CT molecular complexity index is 1000. The van der Waals surface area contributed by atoms with Crippen LogP contribution in [0.25, 0.3) is 0 Å². The van der Waals surface area contributed by atoms with Crippen LogP contribution in [0.2, 0.25) is 0 Å². The van der Waals surface area contributed by atoms with E-state index in [1.807, 2.05) is 0 Å². The largest absolute Gasteiger partial charge is 0.497 e. The molecule has 0 unspecified atom stereocenters. The number of amides is 1. The fourth-order valence-corrected chi connectivity index (χ4v) is 2.57. The second kappa shape index (κ2) is 8.68. The molecule has 0 saturated carbocycles. The molecule has 3 rings (SSSR count). The van der Waals surface area contributed by atoms with E-state index in [1.165, 1.54) is 13.3 Å². The third kappa shape index (κ3) is 4.45. The van der Waals surface area contributed by atoms with Crippen molar-refractivity contribution in [3.63, 3.8) is 0 Å². The van der Waals surface area contributed by atoms with Crippen LogP contribution in [0.3, 0.4) is 0 Å². The van der Waals surface area contributed by atoms with Gasteiger partial charge in [0.15, 0.2) is 0 Å². The predicted molar refractivity (Wildman–Crippen MR) is 106 cm³/mol. The van der Waals surface area contributed by atoms with Gasteiger partial charge in [0.1, 0.15) is 5.75 Å². The van der Waals surface area contributed by atoms with Crippen LogP contribution in [0.4, 0.5) is 17.1 Å². The summed E-state index contributed by atoms with van der Waals surface area (Å²) in [6.07, 6.45) is 3.03. The summed E-state index contributed by atoms with van der Waals surface area (Å²) in [7, 11) is 2.89. The molecule has 1 amide bonds. The molecule has 0 bridgehead atoms. The highest BCUT2D eigenvalue weighted by atomic mass is 16.5. The van der Waals surface area contributed by atoms with Crippen molar-refractivity contribution in [2.24, 2.45) is 0 Å². The zero-order valence-electron chi connectivity index (χ0n) is 15.4. The molecule has 0 saturated heterocycles. The first-order chi connectivity index (χ1) is 13.6. The zero-order valence-corrected chi connectivity index (χ0v) is 15.4. The monoisotopic (exact) mass is 377 g/mol. The first-order valence-corrected chi connectivity index (χ1v) is 8.45. The van der Waals surface area contributed by atoms with Gasteiger partial charge in [-0.1, -0.05) is 18.2 Å². The highest BCUT2D eigenvalue weighted by Crippen LogP contribution is 2.22. The van der Waals surface area contributed by atoms with E-state index in [-0.39, 0.29) is 5.91 Å². The molecule has 7 heteroatoms. The number of hydrogen-bond acceptors (Lipinski definition) is 6. The SMILES string of the molecule is COC(=O)c1ccccc1Nc1cncc(C(=O)Nc2cccc(OC)c2)c1. The molecular formula is C21H19N3O4. The molecule has 7 nitrogen and oxygen atoms in total. The standard InChI is InChI=1S/C21H19N3O4/c1-27-17-7-5-6-15(11-17)24-20(25)14-10-16(13-22-12-14)23-19-9-4-3-8-18(19)21(26)28-2/h3-13,23H,1-2H3,(H,24,25). The van der Waals surface area contributed by atoms with E-state index < -0.39 is 5.97 Å².